The Kier molecular flexibility index (Phi) is 5.37. The Morgan fingerprint density at radius 3 is 2.33 bits per heavy atom. The van der Waals surface area contributed by atoms with E-state index in [2.05, 4.69) is 10.5 Å². The van der Waals surface area contributed by atoms with Gasteiger partial charge in [-0.05, 0) is 25.0 Å². The van der Waals surface area contributed by atoms with Gasteiger partial charge in [0, 0.05) is 6.42 Å². The lowest BCUT2D eigenvalue weighted by molar-refractivity contribution is -0.137. The number of hydrazone groups is 1. The highest BCUT2D eigenvalue weighted by Gasteiger charge is 2.10. The molecular weight excluding hydrogens is 236 g/mol. The smallest absolute Gasteiger partial charge is 0.352 e. The molecule has 0 heterocycles. The predicted octanol–water partition coefficient (Wildman–Crippen LogP) is 1.79. The molecule has 18 heavy (non-hydrogen) atoms. The minimum absolute atomic E-state index is 0.0718. The van der Waals surface area contributed by atoms with Gasteiger partial charge in [0.1, 0.15) is 5.71 Å². The lowest BCUT2D eigenvalue weighted by Crippen LogP contribution is -2.15. The number of nitrogens with zero attached hydrogens (tertiary/aromatic N) is 1. The van der Waals surface area contributed by atoms with E-state index in [1.165, 1.54) is 0 Å². The predicted molar refractivity (Wildman–Crippen MR) is 66.6 cm³/mol. The third-order valence-electron chi connectivity index (χ3n) is 2.14. The van der Waals surface area contributed by atoms with Crippen LogP contribution in [-0.2, 0) is 9.59 Å². The summed E-state index contributed by atoms with van der Waals surface area (Å²) in [6, 6.07) is 8.92. The van der Waals surface area contributed by atoms with Gasteiger partial charge in [-0.3, -0.25) is 10.2 Å². The molecular formula is C12H14N2O4. The maximum atomic E-state index is 10.9. The minimum Gasteiger partial charge on any atom is -0.481 e. The summed E-state index contributed by atoms with van der Waals surface area (Å²) in [6.45, 7) is 0. The summed E-state index contributed by atoms with van der Waals surface area (Å²) in [5.41, 5.74) is 3.22. The Morgan fingerprint density at radius 1 is 1.11 bits per heavy atom. The number of hydrogen-bond acceptors (Lipinski definition) is 4. The highest BCUT2D eigenvalue weighted by molar-refractivity contribution is 6.35. The van der Waals surface area contributed by atoms with Crippen molar-refractivity contribution >= 4 is 23.3 Å². The molecule has 0 aromatic heterocycles. The van der Waals surface area contributed by atoms with E-state index in [0.29, 0.717) is 5.69 Å². The molecule has 1 aromatic carbocycles. The van der Waals surface area contributed by atoms with Crippen molar-refractivity contribution < 1.29 is 19.8 Å². The number of rotatable bonds is 7. The molecule has 1 aromatic rings. The molecule has 0 aliphatic carbocycles. The lowest BCUT2D eigenvalue weighted by Gasteiger charge is -2.03. The molecule has 6 heteroatoms. The largest absolute Gasteiger partial charge is 0.481 e. The van der Waals surface area contributed by atoms with Gasteiger partial charge in [0.15, 0.2) is 0 Å². The van der Waals surface area contributed by atoms with Gasteiger partial charge in [-0.2, -0.15) is 5.10 Å². The van der Waals surface area contributed by atoms with E-state index in [0.717, 1.165) is 0 Å². The minimum atomic E-state index is -1.15. The zero-order valence-electron chi connectivity index (χ0n) is 9.67. The van der Waals surface area contributed by atoms with Crippen LogP contribution in [0.4, 0.5) is 5.69 Å². The summed E-state index contributed by atoms with van der Waals surface area (Å²) in [5, 5.41) is 21.1. The van der Waals surface area contributed by atoms with Crippen molar-refractivity contribution in [2.45, 2.75) is 19.3 Å². The first kappa shape index (κ1) is 13.7. The van der Waals surface area contributed by atoms with Crippen molar-refractivity contribution in [3.63, 3.8) is 0 Å². The zero-order valence-corrected chi connectivity index (χ0v) is 9.67. The van der Waals surface area contributed by atoms with Crippen LogP contribution in [0.5, 0.6) is 0 Å². The van der Waals surface area contributed by atoms with Gasteiger partial charge >= 0.3 is 11.9 Å². The molecule has 0 radical (unpaired) electrons. The summed E-state index contributed by atoms with van der Waals surface area (Å²) in [5.74, 6) is -2.10. The van der Waals surface area contributed by atoms with Crippen LogP contribution in [0.15, 0.2) is 35.4 Å². The molecule has 0 saturated heterocycles. The van der Waals surface area contributed by atoms with E-state index < -0.39 is 11.9 Å². The molecule has 0 aliphatic heterocycles. The summed E-state index contributed by atoms with van der Waals surface area (Å²) < 4.78 is 0. The summed E-state index contributed by atoms with van der Waals surface area (Å²) in [7, 11) is 0. The highest BCUT2D eigenvalue weighted by atomic mass is 16.4. The number of carboxylic acids is 2. The quantitative estimate of drug-likeness (QED) is 0.506. The summed E-state index contributed by atoms with van der Waals surface area (Å²) in [4.78, 5) is 21.2. The molecule has 0 amide bonds. The van der Waals surface area contributed by atoms with Crippen molar-refractivity contribution in [2.75, 3.05) is 5.43 Å². The van der Waals surface area contributed by atoms with E-state index in [-0.39, 0.29) is 25.0 Å². The summed E-state index contributed by atoms with van der Waals surface area (Å²) >= 11 is 0. The first-order valence-electron chi connectivity index (χ1n) is 5.42. The standard InChI is InChI=1S/C12H14N2O4/c15-11(16)8-4-7-10(12(17)18)14-13-9-5-2-1-3-6-9/h1-3,5-6,13H,4,7-8H2,(H,15,16)(H,17,18). The maximum absolute atomic E-state index is 10.9. The number of anilines is 1. The second kappa shape index (κ2) is 7.05. The van der Waals surface area contributed by atoms with Crippen LogP contribution in [-0.4, -0.2) is 27.9 Å². The van der Waals surface area contributed by atoms with Crippen LogP contribution in [0.25, 0.3) is 0 Å². The van der Waals surface area contributed by atoms with E-state index >= 15 is 0 Å². The Bertz CT molecular complexity index is 443. The highest BCUT2D eigenvalue weighted by Crippen LogP contribution is 2.06. The van der Waals surface area contributed by atoms with Crippen molar-refractivity contribution in [3.05, 3.63) is 30.3 Å². The molecule has 1 rings (SSSR count). The topological polar surface area (TPSA) is 99.0 Å². The Balaban J connectivity index is 2.56. The normalized spacial score (nSPS) is 11.0. The van der Waals surface area contributed by atoms with Crippen LogP contribution >= 0.6 is 0 Å². The SMILES string of the molecule is O=C(O)CCCC(=NNc1ccccc1)C(=O)O. The number of benzene rings is 1. The molecule has 0 atom stereocenters. The fraction of sp³-hybridized carbons (Fsp3) is 0.250. The molecule has 0 fully saturated rings. The number of carboxylic acid groups (broad SMARTS) is 2. The second-order valence-corrected chi connectivity index (χ2v) is 3.59. The van der Waals surface area contributed by atoms with Gasteiger partial charge in [0.05, 0.1) is 5.69 Å². The zero-order chi connectivity index (χ0) is 13.4. The average Bonchev–Trinajstić information content (AvgIpc) is 2.34. The monoisotopic (exact) mass is 250 g/mol. The van der Waals surface area contributed by atoms with Gasteiger partial charge in [-0.15, -0.1) is 0 Å². The Morgan fingerprint density at radius 2 is 1.78 bits per heavy atom. The van der Waals surface area contributed by atoms with Crippen molar-refractivity contribution in [3.8, 4) is 0 Å². The Labute approximate surface area is 104 Å². The van der Waals surface area contributed by atoms with E-state index in [1.807, 2.05) is 6.07 Å². The third-order valence-corrected chi connectivity index (χ3v) is 2.14. The maximum Gasteiger partial charge on any atom is 0.352 e. The van der Waals surface area contributed by atoms with E-state index in [4.69, 9.17) is 10.2 Å². The van der Waals surface area contributed by atoms with Crippen LogP contribution in [0.2, 0.25) is 0 Å². The van der Waals surface area contributed by atoms with E-state index in [1.54, 1.807) is 24.3 Å². The number of para-hydroxylation sites is 1. The van der Waals surface area contributed by atoms with Crippen molar-refractivity contribution in [1.82, 2.24) is 0 Å². The lowest BCUT2D eigenvalue weighted by atomic mass is 10.2. The molecule has 0 aliphatic rings. The first-order valence-corrected chi connectivity index (χ1v) is 5.42. The molecule has 96 valence electrons. The van der Waals surface area contributed by atoms with Gasteiger partial charge in [0.25, 0.3) is 0 Å². The molecule has 3 N–H and O–H groups in total. The number of aliphatic carboxylic acids is 2. The average molecular weight is 250 g/mol. The molecule has 0 saturated carbocycles. The van der Waals surface area contributed by atoms with Crippen LogP contribution in [0.3, 0.4) is 0 Å². The third kappa shape index (κ3) is 5.11. The van der Waals surface area contributed by atoms with E-state index in [9.17, 15) is 9.59 Å². The first-order chi connectivity index (χ1) is 8.59. The van der Waals surface area contributed by atoms with Crippen LogP contribution in [0.1, 0.15) is 19.3 Å². The number of carbonyl (C=O) groups is 2. The van der Waals surface area contributed by atoms with Gasteiger partial charge in [0.2, 0.25) is 0 Å². The molecule has 0 spiro atoms. The number of nitrogens with one attached hydrogen (secondary N) is 1. The molecule has 6 nitrogen and oxygen atoms in total. The van der Waals surface area contributed by atoms with Gasteiger partial charge in [-0.1, -0.05) is 18.2 Å². The van der Waals surface area contributed by atoms with Crippen molar-refractivity contribution in [2.24, 2.45) is 5.10 Å². The van der Waals surface area contributed by atoms with Gasteiger partial charge < -0.3 is 10.2 Å². The fourth-order valence-corrected chi connectivity index (χ4v) is 1.26. The Hall–Kier alpha value is -2.37. The second-order valence-electron chi connectivity index (χ2n) is 3.59. The molecule has 0 unspecified atom stereocenters. The van der Waals surface area contributed by atoms with Crippen molar-refractivity contribution in [1.29, 1.82) is 0 Å². The van der Waals surface area contributed by atoms with Crippen LogP contribution in [0, 0.1) is 0 Å². The summed E-state index contributed by atoms with van der Waals surface area (Å²) in [6.07, 6.45) is 0.288. The van der Waals surface area contributed by atoms with Gasteiger partial charge in [-0.25, -0.2) is 4.79 Å². The fourth-order valence-electron chi connectivity index (χ4n) is 1.26. The van der Waals surface area contributed by atoms with Crippen LogP contribution < -0.4 is 5.43 Å². The molecule has 0 bridgehead atoms. The number of hydrogen-bond donors (Lipinski definition) is 3.